The van der Waals surface area contributed by atoms with Crippen molar-refractivity contribution in [2.75, 3.05) is 0 Å². The van der Waals surface area contributed by atoms with Crippen LogP contribution in [0.15, 0.2) is 30.7 Å². The summed E-state index contributed by atoms with van der Waals surface area (Å²) in [4.78, 5) is 16.5. The zero-order chi connectivity index (χ0) is 14.1. The molecule has 0 aliphatic rings. The minimum Gasteiger partial charge on any atom is -0.346 e. The molecule has 0 saturated carbocycles. The maximum Gasteiger partial charge on any atom is 0.257 e. The van der Waals surface area contributed by atoms with Gasteiger partial charge in [-0.25, -0.2) is 9.50 Å². The van der Waals surface area contributed by atoms with Crippen molar-refractivity contribution in [2.45, 2.75) is 13.5 Å². The van der Waals surface area contributed by atoms with Gasteiger partial charge in [0, 0.05) is 25.1 Å². The quantitative estimate of drug-likeness (QED) is 0.760. The molecule has 3 aromatic heterocycles. The molecule has 1 N–H and O–H groups in total. The highest BCUT2D eigenvalue weighted by Gasteiger charge is 2.14. The lowest BCUT2D eigenvalue weighted by molar-refractivity contribution is 0.0951. The van der Waals surface area contributed by atoms with E-state index in [-0.39, 0.29) is 5.91 Å². The van der Waals surface area contributed by atoms with Gasteiger partial charge in [0.05, 0.1) is 18.4 Å². The number of fused-ring (bicyclic) bond motifs is 1. The Bertz CT molecular complexity index is 772. The highest BCUT2D eigenvalue weighted by Crippen LogP contribution is 2.08. The van der Waals surface area contributed by atoms with E-state index in [0.717, 1.165) is 11.4 Å². The fraction of sp³-hybridized carbons (Fsp3) is 0.231. The molecule has 0 aliphatic carbocycles. The van der Waals surface area contributed by atoms with Crippen molar-refractivity contribution in [1.82, 2.24) is 29.7 Å². The number of rotatable bonds is 3. The molecule has 0 fully saturated rings. The predicted octanol–water partition coefficient (Wildman–Crippen LogP) is 0.701. The molecule has 0 bridgehead atoms. The van der Waals surface area contributed by atoms with Crippen LogP contribution in [0.25, 0.3) is 5.65 Å². The van der Waals surface area contributed by atoms with Gasteiger partial charge in [-0.3, -0.25) is 9.48 Å². The first-order valence-corrected chi connectivity index (χ1v) is 6.21. The van der Waals surface area contributed by atoms with E-state index in [9.17, 15) is 4.79 Å². The molecule has 0 atom stereocenters. The molecule has 3 heterocycles. The molecule has 102 valence electrons. The van der Waals surface area contributed by atoms with Crippen LogP contribution in [0.1, 0.15) is 21.7 Å². The number of nitrogens with zero attached hydrogens (tertiary/aromatic N) is 5. The Morgan fingerprint density at radius 1 is 1.35 bits per heavy atom. The van der Waals surface area contributed by atoms with Crippen molar-refractivity contribution in [3.05, 3.63) is 47.7 Å². The summed E-state index contributed by atoms with van der Waals surface area (Å²) in [5.74, 6) is -0.195. The van der Waals surface area contributed by atoms with Gasteiger partial charge in [-0.05, 0) is 19.1 Å². The van der Waals surface area contributed by atoms with Crippen LogP contribution in [0.3, 0.4) is 0 Å². The Hall–Kier alpha value is -2.70. The van der Waals surface area contributed by atoms with Crippen molar-refractivity contribution in [2.24, 2.45) is 7.05 Å². The summed E-state index contributed by atoms with van der Waals surface area (Å²) in [5, 5.41) is 11.0. The van der Waals surface area contributed by atoms with Gasteiger partial charge >= 0.3 is 0 Å². The van der Waals surface area contributed by atoms with Gasteiger partial charge in [0.1, 0.15) is 5.56 Å². The summed E-state index contributed by atoms with van der Waals surface area (Å²) in [5.41, 5.74) is 2.81. The Balaban J connectivity index is 1.82. The number of aryl methyl sites for hydroxylation is 2. The summed E-state index contributed by atoms with van der Waals surface area (Å²) in [7, 11) is 1.84. The first-order chi connectivity index (χ1) is 9.65. The van der Waals surface area contributed by atoms with E-state index in [4.69, 9.17) is 0 Å². The average molecular weight is 270 g/mol. The van der Waals surface area contributed by atoms with E-state index >= 15 is 0 Å². The summed E-state index contributed by atoms with van der Waals surface area (Å²) >= 11 is 0. The van der Waals surface area contributed by atoms with Crippen LogP contribution >= 0.6 is 0 Å². The molecule has 7 heteroatoms. The molecule has 7 nitrogen and oxygen atoms in total. The molecular formula is C13H14N6O. The van der Waals surface area contributed by atoms with Crippen molar-refractivity contribution >= 4 is 11.6 Å². The van der Waals surface area contributed by atoms with Gasteiger partial charge in [-0.15, -0.1) is 0 Å². The van der Waals surface area contributed by atoms with Crippen LogP contribution < -0.4 is 5.32 Å². The van der Waals surface area contributed by atoms with Crippen LogP contribution in [0.2, 0.25) is 0 Å². The van der Waals surface area contributed by atoms with Crippen molar-refractivity contribution < 1.29 is 4.79 Å². The van der Waals surface area contributed by atoms with E-state index < -0.39 is 0 Å². The Labute approximate surface area is 115 Å². The highest BCUT2D eigenvalue weighted by molar-refractivity contribution is 5.99. The molecule has 0 spiro atoms. The second-order valence-corrected chi connectivity index (χ2v) is 4.52. The fourth-order valence-corrected chi connectivity index (χ4v) is 1.96. The van der Waals surface area contributed by atoms with Crippen LogP contribution in [0, 0.1) is 6.92 Å². The number of carbonyl (C=O) groups excluding carboxylic acids is 1. The topological polar surface area (TPSA) is 77.1 Å². The van der Waals surface area contributed by atoms with Crippen LogP contribution in [-0.2, 0) is 13.6 Å². The second-order valence-electron chi connectivity index (χ2n) is 4.52. The highest BCUT2D eigenvalue weighted by atomic mass is 16.1. The summed E-state index contributed by atoms with van der Waals surface area (Å²) in [6.45, 7) is 2.29. The van der Waals surface area contributed by atoms with Crippen LogP contribution in [0.4, 0.5) is 0 Å². The van der Waals surface area contributed by atoms with Crippen LogP contribution in [-0.4, -0.2) is 30.3 Å². The Morgan fingerprint density at radius 2 is 2.20 bits per heavy atom. The van der Waals surface area contributed by atoms with Gasteiger partial charge in [0.15, 0.2) is 5.65 Å². The van der Waals surface area contributed by atoms with Crippen molar-refractivity contribution in [1.29, 1.82) is 0 Å². The minimum atomic E-state index is -0.195. The van der Waals surface area contributed by atoms with Gasteiger partial charge < -0.3 is 5.32 Å². The van der Waals surface area contributed by atoms with Crippen LogP contribution in [0.5, 0.6) is 0 Å². The number of hydrogen-bond acceptors (Lipinski definition) is 4. The lowest BCUT2D eigenvalue weighted by Crippen LogP contribution is -2.24. The van der Waals surface area contributed by atoms with E-state index in [1.54, 1.807) is 21.6 Å². The number of hydrogen-bond donors (Lipinski definition) is 1. The molecule has 0 aliphatic heterocycles. The predicted molar refractivity (Wildman–Crippen MR) is 72.1 cm³/mol. The van der Waals surface area contributed by atoms with E-state index in [0.29, 0.717) is 17.8 Å². The zero-order valence-electron chi connectivity index (χ0n) is 11.2. The molecule has 3 aromatic rings. The zero-order valence-corrected chi connectivity index (χ0v) is 11.2. The maximum absolute atomic E-state index is 12.2. The third-order valence-corrected chi connectivity index (χ3v) is 3.11. The number of aromatic nitrogens is 5. The summed E-state index contributed by atoms with van der Waals surface area (Å²) in [6.07, 6.45) is 5.01. The molecule has 3 rings (SSSR count). The molecule has 0 radical (unpaired) electrons. The fourth-order valence-electron chi connectivity index (χ4n) is 1.96. The smallest absolute Gasteiger partial charge is 0.257 e. The largest absolute Gasteiger partial charge is 0.346 e. The van der Waals surface area contributed by atoms with E-state index in [1.165, 1.54) is 6.20 Å². The molecule has 0 aromatic carbocycles. The monoisotopic (exact) mass is 270 g/mol. The maximum atomic E-state index is 12.2. The van der Waals surface area contributed by atoms with Gasteiger partial charge in [0.2, 0.25) is 0 Å². The summed E-state index contributed by atoms with van der Waals surface area (Å²) < 4.78 is 3.31. The van der Waals surface area contributed by atoms with Gasteiger partial charge in [-0.1, -0.05) is 0 Å². The molecular weight excluding hydrogens is 256 g/mol. The lowest BCUT2D eigenvalue weighted by Gasteiger charge is -2.04. The molecule has 20 heavy (non-hydrogen) atoms. The normalized spacial score (nSPS) is 10.9. The van der Waals surface area contributed by atoms with E-state index in [1.807, 2.05) is 26.1 Å². The van der Waals surface area contributed by atoms with Crippen molar-refractivity contribution in [3.63, 3.8) is 0 Å². The third kappa shape index (κ3) is 2.13. The van der Waals surface area contributed by atoms with Gasteiger partial charge in [0.25, 0.3) is 5.91 Å². The average Bonchev–Trinajstić information content (AvgIpc) is 3.02. The molecule has 0 saturated heterocycles. The first kappa shape index (κ1) is 12.3. The number of carbonyl (C=O) groups is 1. The second kappa shape index (κ2) is 4.76. The van der Waals surface area contributed by atoms with Gasteiger partial charge in [-0.2, -0.15) is 10.2 Å². The number of amides is 1. The Morgan fingerprint density at radius 3 is 2.95 bits per heavy atom. The lowest BCUT2D eigenvalue weighted by atomic mass is 10.3. The molecule has 0 unspecified atom stereocenters. The summed E-state index contributed by atoms with van der Waals surface area (Å²) in [6, 6.07) is 3.70. The third-order valence-electron chi connectivity index (χ3n) is 3.11. The minimum absolute atomic E-state index is 0.195. The molecule has 1 amide bonds. The van der Waals surface area contributed by atoms with E-state index in [2.05, 4.69) is 20.5 Å². The number of nitrogens with one attached hydrogen (secondary N) is 1. The standard InChI is InChI=1S/C13H14N6O/c1-9-4-6-19-12(17-9)11(8-16-19)13(20)14-7-10-3-5-15-18(10)2/h3-6,8H,7H2,1-2H3,(H,14,20). The Kier molecular flexibility index (Phi) is 2.94. The first-order valence-electron chi connectivity index (χ1n) is 6.21. The van der Waals surface area contributed by atoms with Crippen molar-refractivity contribution in [3.8, 4) is 0 Å². The SMILES string of the molecule is Cc1ccn2ncc(C(=O)NCc3ccnn3C)c2n1.